The second-order valence-corrected chi connectivity index (χ2v) is 4.19. The van der Waals surface area contributed by atoms with Crippen LogP contribution in [0.3, 0.4) is 0 Å². The van der Waals surface area contributed by atoms with Gasteiger partial charge in [0.1, 0.15) is 5.82 Å². The first kappa shape index (κ1) is 10.8. The molecule has 3 aromatic rings. The molecule has 0 saturated carbocycles. The van der Waals surface area contributed by atoms with Crippen LogP contribution >= 0.6 is 0 Å². The number of aryl methyl sites for hydroxylation is 1. The molecule has 0 radical (unpaired) electrons. The number of nitrogens with one attached hydrogen (secondary N) is 1. The number of pyridine rings is 1. The van der Waals surface area contributed by atoms with E-state index >= 15 is 0 Å². The van der Waals surface area contributed by atoms with Crippen molar-refractivity contribution in [3.8, 4) is 11.4 Å². The fourth-order valence-electron chi connectivity index (χ4n) is 2.08. The lowest BCUT2D eigenvalue weighted by Crippen LogP contribution is -1.93. The summed E-state index contributed by atoms with van der Waals surface area (Å²) in [6.07, 6.45) is 3.61. The molecular formula is C14H14N4. The standard InChI is InChI=1S/C14H14N4/c1-15-11-5-3-10(4-6-11)14-17-12-7-8-16-9-13(12)18(14)2/h3-9,15H,1-2H3. The Morgan fingerprint density at radius 2 is 1.89 bits per heavy atom. The van der Waals surface area contributed by atoms with Crippen molar-refractivity contribution in [2.45, 2.75) is 0 Å². The maximum atomic E-state index is 4.64. The van der Waals surface area contributed by atoms with Crippen LogP contribution in [0.15, 0.2) is 42.7 Å². The average Bonchev–Trinajstić information content (AvgIpc) is 2.77. The minimum Gasteiger partial charge on any atom is -0.388 e. The van der Waals surface area contributed by atoms with Crippen LogP contribution in [0.25, 0.3) is 22.4 Å². The fourth-order valence-corrected chi connectivity index (χ4v) is 2.08. The first-order valence-corrected chi connectivity index (χ1v) is 5.84. The molecule has 4 heteroatoms. The quantitative estimate of drug-likeness (QED) is 0.746. The second-order valence-electron chi connectivity index (χ2n) is 4.19. The number of aromatic nitrogens is 3. The van der Waals surface area contributed by atoms with Gasteiger partial charge in [-0.3, -0.25) is 4.98 Å². The van der Waals surface area contributed by atoms with Crippen LogP contribution in [0, 0.1) is 0 Å². The van der Waals surface area contributed by atoms with E-state index < -0.39 is 0 Å². The summed E-state index contributed by atoms with van der Waals surface area (Å²) in [5.74, 6) is 0.959. The number of nitrogens with zero attached hydrogens (tertiary/aromatic N) is 3. The maximum absolute atomic E-state index is 4.64. The molecule has 0 aliphatic heterocycles. The molecule has 0 fully saturated rings. The van der Waals surface area contributed by atoms with Crippen LogP contribution in [0.5, 0.6) is 0 Å². The SMILES string of the molecule is CNc1ccc(-c2nc3ccncc3n2C)cc1. The van der Waals surface area contributed by atoms with Gasteiger partial charge in [0.05, 0.1) is 17.2 Å². The molecule has 90 valence electrons. The van der Waals surface area contributed by atoms with Crippen molar-refractivity contribution in [3.63, 3.8) is 0 Å². The maximum Gasteiger partial charge on any atom is 0.140 e. The van der Waals surface area contributed by atoms with E-state index in [1.54, 1.807) is 6.20 Å². The zero-order valence-electron chi connectivity index (χ0n) is 10.4. The highest BCUT2D eigenvalue weighted by Gasteiger charge is 2.09. The van der Waals surface area contributed by atoms with E-state index in [4.69, 9.17) is 0 Å². The fraction of sp³-hybridized carbons (Fsp3) is 0.143. The molecule has 1 N–H and O–H groups in total. The average molecular weight is 238 g/mol. The summed E-state index contributed by atoms with van der Waals surface area (Å²) in [5.41, 5.74) is 4.22. The lowest BCUT2D eigenvalue weighted by Gasteiger charge is -2.04. The predicted molar refractivity (Wildman–Crippen MR) is 73.5 cm³/mol. The third kappa shape index (κ3) is 1.62. The van der Waals surface area contributed by atoms with Gasteiger partial charge in [-0.05, 0) is 30.3 Å². The molecule has 0 aliphatic rings. The van der Waals surface area contributed by atoms with E-state index in [0.717, 1.165) is 28.1 Å². The lowest BCUT2D eigenvalue weighted by atomic mass is 10.2. The highest BCUT2D eigenvalue weighted by Crippen LogP contribution is 2.23. The molecule has 0 amide bonds. The Labute approximate surface area is 105 Å². The van der Waals surface area contributed by atoms with Gasteiger partial charge in [-0.2, -0.15) is 0 Å². The number of anilines is 1. The molecule has 0 saturated heterocycles. The number of fused-ring (bicyclic) bond motifs is 1. The molecule has 0 unspecified atom stereocenters. The van der Waals surface area contributed by atoms with Crippen LogP contribution in [0.2, 0.25) is 0 Å². The molecular weight excluding hydrogens is 224 g/mol. The van der Waals surface area contributed by atoms with Crippen LogP contribution in [-0.4, -0.2) is 21.6 Å². The Kier molecular flexibility index (Phi) is 2.48. The summed E-state index contributed by atoms with van der Waals surface area (Å²) in [4.78, 5) is 8.78. The van der Waals surface area contributed by atoms with Gasteiger partial charge in [-0.1, -0.05) is 0 Å². The third-order valence-corrected chi connectivity index (χ3v) is 3.11. The molecule has 0 aliphatic carbocycles. The first-order valence-electron chi connectivity index (χ1n) is 5.84. The number of rotatable bonds is 2. The summed E-state index contributed by atoms with van der Waals surface area (Å²) in [7, 11) is 3.92. The van der Waals surface area contributed by atoms with Crippen LogP contribution in [0.1, 0.15) is 0 Å². The molecule has 2 aromatic heterocycles. The Morgan fingerprint density at radius 3 is 2.56 bits per heavy atom. The van der Waals surface area contributed by atoms with Crippen molar-refractivity contribution in [1.29, 1.82) is 0 Å². The molecule has 4 nitrogen and oxygen atoms in total. The zero-order chi connectivity index (χ0) is 12.5. The predicted octanol–water partition coefficient (Wildman–Crippen LogP) is 2.68. The summed E-state index contributed by atoms with van der Waals surface area (Å²) in [6, 6.07) is 10.2. The minimum atomic E-state index is 0.959. The Bertz CT molecular complexity index is 683. The Balaban J connectivity index is 2.15. The van der Waals surface area contributed by atoms with Gasteiger partial charge in [-0.25, -0.2) is 4.98 Å². The van der Waals surface area contributed by atoms with Crippen molar-refractivity contribution in [3.05, 3.63) is 42.7 Å². The molecule has 1 aromatic carbocycles. The Hall–Kier alpha value is -2.36. The van der Waals surface area contributed by atoms with Crippen molar-refractivity contribution < 1.29 is 0 Å². The van der Waals surface area contributed by atoms with E-state index in [9.17, 15) is 0 Å². The van der Waals surface area contributed by atoms with Crippen LogP contribution < -0.4 is 5.32 Å². The van der Waals surface area contributed by atoms with Crippen LogP contribution in [0.4, 0.5) is 5.69 Å². The summed E-state index contributed by atoms with van der Waals surface area (Å²) in [5, 5.41) is 3.11. The number of hydrogen-bond acceptors (Lipinski definition) is 3. The molecule has 0 atom stereocenters. The van der Waals surface area contributed by atoms with Crippen molar-refractivity contribution >= 4 is 16.7 Å². The largest absolute Gasteiger partial charge is 0.388 e. The number of benzene rings is 1. The van der Waals surface area contributed by atoms with Crippen molar-refractivity contribution in [1.82, 2.24) is 14.5 Å². The summed E-state index contributed by atoms with van der Waals surface area (Å²) < 4.78 is 2.07. The van der Waals surface area contributed by atoms with Gasteiger partial charge < -0.3 is 9.88 Å². The van der Waals surface area contributed by atoms with Gasteiger partial charge >= 0.3 is 0 Å². The highest BCUT2D eigenvalue weighted by atomic mass is 15.1. The van der Waals surface area contributed by atoms with E-state index in [2.05, 4.69) is 32.0 Å². The molecule has 0 bridgehead atoms. The molecule has 18 heavy (non-hydrogen) atoms. The lowest BCUT2D eigenvalue weighted by molar-refractivity contribution is 0.956. The van der Waals surface area contributed by atoms with E-state index in [-0.39, 0.29) is 0 Å². The number of hydrogen-bond donors (Lipinski definition) is 1. The molecule has 3 rings (SSSR count). The van der Waals surface area contributed by atoms with Crippen molar-refractivity contribution in [2.24, 2.45) is 7.05 Å². The monoisotopic (exact) mass is 238 g/mol. The first-order chi connectivity index (χ1) is 8.79. The van der Waals surface area contributed by atoms with Gasteiger partial charge in [0.15, 0.2) is 0 Å². The highest BCUT2D eigenvalue weighted by molar-refractivity contribution is 5.79. The number of imidazole rings is 1. The second kappa shape index (κ2) is 4.14. The molecule has 2 heterocycles. The van der Waals surface area contributed by atoms with Gasteiger partial charge in [-0.15, -0.1) is 0 Å². The van der Waals surface area contributed by atoms with Gasteiger partial charge in [0.25, 0.3) is 0 Å². The van der Waals surface area contributed by atoms with E-state index in [1.165, 1.54) is 0 Å². The summed E-state index contributed by atoms with van der Waals surface area (Å²) in [6.45, 7) is 0. The van der Waals surface area contributed by atoms with Crippen LogP contribution in [-0.2, 0) is 7.05 Å². The smallest absolute Gasteiger partial charge is 0.140 e. The topological polar surface area (TPSA) is 42.7 Å². The van der Waals surface area contributed by atoms with Gasteiger partial charge in [0, 0.05) is 31.5 Å². The Morgan fingerprint density at radius 1 is 1.11 bits per heavy atom. The van der Waals surface area contributed by atoms with Crippen molar-refractivity contribution in [2.75, 3.05) is 12.4 Å². The van der Waals surface area contributed by atoms with E-state index in [1.807, 2.05) is 38.5 Å². The third-order valence-electron chi connectivity index (χ3n) is 3.11. The van der Waals surface area contributed by atoms with E-state index in [0.29, 0.717) is 0 Å². The molecule has 0 spiro atoms. The normalized spacial score (nSPS) is 10.8. The van der Waals surface area contributed by atoms with Gasteiger partial charge in [0.2, 0.25) is 0 Å². The summed E-state index contributed by atoms with van der Waals surface area (Å²) >= 11 is 0. The zero-order valence-corrected chi connectivity index (χ0v) is 10.4. The minimum absolute atomic E-state index is 0.959.